The SMILES string of the molecule is O=C(COc1ccc(F)cc1)N1CCN(S(=O)(=O)c2cc(Cl)ccc2Cl)CC1. The van der Waals surface area contributed by atoms with Crippen molar-refractivity contribution in [3.8, 4) is 5.75 Å². The van der Waals surface area contributed by atoms with Crippen molar-refractivity contribution in [1.29, 1.82) is 0 Å². The summed E-state index contributed by atoms with van der Waals surface area (Å²) in [6.45, 7) is 0.505. The topological polar surface area (TPSA) is 66.9 Å². The van der Waals surface area contributed by atoms with Crippen LogP contribution < -0.4 is 4.74 Å². The summed E-state index contributed by atoms with van der Waals surface area (Å²) in [6.07, 6.45) is 0. The number of carbonyl (C=O) groups is 1. The van der Waals surface area contributed by atoms with Crippen LogP contribution in [0.2, 0.25) is 10.0 Å². The van der Waals surface area contributed by atoms with Crippen molar-refractivity contribution in [3.63, 3.8) is 0 Å². The minimum atomic E-state index is -3.81. The van der Waals surface area contributed by atoms with Crippen LogP contribution in [0, 0.1) is 5.82 Å². The molecule has 1 aliphatic heterocycles. The van der Waals surface area contributed by atoms with Gasteiger partial charge >= 0.3 is 0 Å². The van der Waals surface area contributed by atoms with Crippen LogP contribution in [0.25, 0.3) is 0 Å². The normalized spacial score (nSPS) is 15.5. The van der Waals surface area contributed by atoms with Gasteiger partial charge in [0, 0.05) is 31.2 Å². The van der Waals surface area contributed by atoms with Crippen molar-refractivity contribution in [2.24, 2.45) is 0 Å². The summed E-state index contributed by atoms with van der Waals surface area (Å²) in [5.74, 6) is -0.287. The maximum absolute atomic E-state index is 12.9. The molecule has 6 nitrogen and oxygen atoms in total. The number of benzene rings is 2. The summed E-state index contributed by atoms with van der Waals surface area (Å²) in [7, 11) is -3.81. The van der Waals surface area contributed by atoms with Gasteiger partial charge in [-0.25, -0.2) is 12.8 Å². The number of carbonyl (C=O) groups excluding carboxylic acids is 1. The van der Waals surface area contributed by atoms with Gasteiger partial charge in [-0.3, -0.25) is 4.79 Å². The van der Waals surface area contributed by atoms with Gasteiger partial charge < -0.3 is 9.64 Å². The van der Waals surface area contributed by atoms with Gasteiger partial charge in [-0.05, 0) is 42.5 Å². The molecule has 2 aromatic rings. The molecule has 0 N–H and O–H groups in total. The lowest BCUT2D eigenvalue weighted by atomic mass is 10.3. The van der Waals surface area contributed by atoms with E-state index in [4.69, 9.17) is 27.9 Å². The molecule has 0 aromatic heterocycles. The van der Waals surface area contributed by atoms with Gasteiger partial charge in [0.25, 0.3) is 5.91 Å². The van der Waals surface area contributed by atoms with Crippen LogP contribution in [0.3, 0.4) is 0 Å². The Morgan fingerprint density at radius 3 is 2.32 bits per heavy atom. The Balaban J connectivity index is 1.58. The zero-order valence-electron chi connectivity index (χ0n) is 14.6. The molecule has 0 saturated carbocycles. The van der Waals surface area contributed by atoms with E-state index in [0.29, 0.717) is 5.75 Å². The van der Waals surface area contributed by atoms with Crippen molar-refractivity contribution < 1.29 is 22.3 Å². The Kier molecular flexibility index (Phi) is 6.44. The number of sulfonamides is 1. The average molecular weight is 447 g/mol. The minimum absolute atomic E-state index is 0.0545. The number of ether oxygens (including phenoxy) is 1. The van der Waals surface area contributed by atoms with E-state index in [0.717, 1.165) is 0 Å². The van der Waals surface area contributed by atoms with Crippen LogP contribution in [0.15, 0.2) is 47.4 Å². The van der Waals surface area contributed by atoms with Gasteiger partial charge in [-0.2, -0.15) is 4.31 Å². The fourth-order valence-corrected chi connectivity index (χ4v) is 4.92. The third-order valence-corrected chi connectivity index (χ3v) is 6.89. The van der Waals surface area contributed by atoms with Crippen LogP contribution in [-0.2, 0) is 14.8 Å². The molecule has 28 heavy (non-hydrogen) atoms. The monoisotopic (exact) mass is 446 g/mol. The summed E-state index contributed by atoms with van der Waals surface area (Å²) in [6, 6.07) is 9.61. The molecule has 10 heteroatoms. The van der Waals surface area contributed by atoms with Crippen molar-refractivity contribution >= 4 is 39.1 Å². The highest BCUT2D eigenvalue weighted by Gasteiger charge is 2.31. The molecule has 0 unspecified atom stereocenters. The zero-order valence-corrected chi connectivity index (χ0v) is 17.0. The third-order valence-electron chi connectivity index (χ3n) is 4.28. The van der Waals surface area contributed by atoms with E-state index < -0.39 is 15.8 Å². The lowest BCUT2D eigenvalue weighted by Crippen LogP contribution is -2.51. The summed E-state index contributed by atoms with van der Waals surface area (Å²) >= 11 is 11.9. The largest absolute Gasteiger partial charge is 0.484 e. The number of piperazine rings is 1. The molecular formula is C18H17Cl2FN2O4S. The van der Waals surface area contributed by atoms with E-state index in [1.165, 1.54) is 51.7 Å². The average Bonchev–Trinajstić information content (AvgIpc) is 2.69. The van der Waals surface area contributed by atoms with Crippen LogP contribution in [0.1, 0.15) is 0 Å². The molecule has 150 valence electrons. The highest BCUT2D eigenvalue weighted by atomic mass is 35.5. The summed E-state index contributed by atoms with van der Waals surface area (Å²) in [5, 5.41) is 0.366. The number of nitrogens with zero attached hydrogens (tertiary/aromatic N) is 2. The summed E-state index contributed by atoms with van der Waals surface area (Å²) < 4.78 is 45.1. The molecule has 1 aliphatic rings. The molecule has 3 rings (SSSR count). The van der Waals surface area contributed by atoms with E-state index >= 15 is 0 Å². The van der Waals surface area contributed by atoms with Crippen molar-refractivity contribution in [3.05, 3.63) is 58.3 Å². The number of amides is 1. The van der Waals surface area contributed by atoms with Crippen LogP contribution in [-0.4, -0.2) is 56.3 Å². The molecule has 1 fully saturated rings. The van der Waals surface area contributed by atoms with E-state index in [-0.39, 0.29) is 53.6 Å². The quantitative estimate of drug-likeness (QED) is 0.707. The molecule has 1 saturated heterocycles. The molecule has 0 spiro atoms. The molecule has 0 atom stereocenters. The van der Waals surface area contributed by atoms with Gasteiger partial charge in [-0.1, -0.05) is 23.2 Å². The fourth-order valence-electron chi connectivity index (χ4n) is 2.76. The van der Waals surface area contributed by atoms with Gasteiger partial charge in [0.1, 0.15) is 16.5 Å². The maximum Gasteiger partial charge on any atom is 0.260 e. The Morgan fingerprint density at radius 2 is 1.68 bits per heavy atom. The van der Waals surface area contributed by atoms with E-state index in [9.17, 15) is 17.6 Å². The van der Waals surface area contributed by atoms with E-state index in [2.05, 4.69) is 0 Å². The molecule has 2 aromatic carbocycles. The van der Waals surface area contributed by atoms with Crippen LogP contribution in [0.5, 0.6) is 5.75 Å². The van der Waals surface area contributed by atoms with E-state index in [1.807, 2.05) is 0 Å². The predicted octanol–water partition coefficient (Wildman–Crippen LogP) is 3.04. The number of hydrogen-bond donors (Lipinski definition) is 0. The van der Waals surface area contributed by atoms with E-state index in [1.54, 1.807) is 0 Å². The highest BCUT2D eigenvalue weighted by molar-refractivity contribution is 7.89. The molecular weight excluding hydrogens is 430 g/mol. The first-order chi connectivity index (χ1) is 13.3. The molecule has 1 heterocycles. The first kappa shape index (κ1) is 20.9. The Bertz CT molecular complexity index is 962. The smallest absolute Gasteiger partial charge is 0.260 e. The second-order valence-electron chi connectivity index (χ2n) is 6.10. The van der Waals surface area contributed by atoms with Gasteiger partial charge in [0.2, 0.25) is 10.0 Å². The number of hydrogen-bond acceptors (Lipinski definition) is 4. The minimum Gasteiger partial charge on any atom is -0.484 e. The Hall–Kier alpha value is -1.87. The summed E-state index contributed by atoms with van der Waals surface area (Å²) in [5.41, 5.74) is 0. The standard InChI is InChI=1S/C18H17Cl2FN2O4S/c19-13-1-6-16(20)17(11-13)28(25,26)23-9-7-22(8-10-23)18(24)12-27-15-4-2-14(21)3-5-15/h1-6,11H,7-10,12H2. The Morgan fingerprint density at radius 1 is 1.04 bits per heavy atom. The fraction of sp³-hybridized carbons (Fsp3) is 0.278. The van der Waals surface area contributed by atoms with Gasteiger partial charge in [-0.15, -0.1) is 0 Å². The summed E-state index contributed by atoms with van der Waals surface area (Å²) in [4.78, 5) is 13.8. The van der Waals surface area contributed by atoms with Crippen molar-refractivity contribution in [2.75, 3.05) is 32.8 Å². The van der Waals surface area contributed by atoms with Crippen LogP contribution in [0.4, 0.5) is 4.39 Å². The molecule has 0 radical (unpaired) electrons. The first-order valence-electron chi connectivity index (χ1n) is 8.39. The van der Waals surface area contributed by atoms with Crippen LogP contribution >= 0.6 is 23.2 Å². The zero-order chi connectivity index (χ0) is 20.3. The number of halogens is 3. The van der Waals surface area contributed by atoms with Gasteiger partial charge in [0.05, 0.1) is 5.02 Å². The molecule has 0 bridgehead atoms. The second-order valence-corrected chi connectivity index (χ2v) is 8.85. The van der Waals surface area contributed by atoms with Crippen molar-refractivity contribution in [1.82, 2.24) is 9.21 Å². The maximum atomic E-state index is 12.9. The first-order valence-corrected chi connectivity index (χ1v) is 10.6. The molecule has 1 amide bonds. The number of rotatable bonds is 5. The highest BCUT2D eigenvalue weighted by Crippen LogP contribution is 2.28. The lowest BCUT2D eigenvalue weighted by Gasteiger charge is -2.34. The van der Waals surface area contributed by atoms with Crippen molar-refractivity contribution in [2.45, 2.75) is 4.90 Å². The Labute approximate surface area is 172 Å². The second kappa shape index (κ2) is 8.65. The predicted molar refractivity (Wildman–Crippen MR) is 104 cm³/mol. The lowest BCUT2D eigenvalue weighted by molar-refractivity contribution is -0.134. The molecule has 0 aliphatic carbocycles. The third kappa shape index (κ3) is 4.75. The van der Waals surface area contributed by atoms with Gasteiger partial charge in [0.15, 0.2) is 6.61 Å².